The molecule has 0 bridgehead atoms. The summed E-state index contributed by atoms with van der Waals surface area (Å²) in [5, 5.41) is 8.48. The first kappa shape index (κ1) is 12.9. The standard InChI is InChI=1S/C12H12FNO3/c1-14(8-12(16)17)11(15)7-6-9-4-2-3-5-10(9)13/h2-7H,8H2,1H3,(H,16,17)/b7-6+. The van der Waals surface area contributed by atoms with E-state index in [0.717, 1.165) is 11.0 Å². The molecular weight excluding hydrogens is 225 g/mol. The first-order chi connectivity index (χ1) is 8.00. The minimum Gasteiger partial charge on any atom is -0.480 e. The molecule has 5 heteroatoms. The maximum Gasteiger partial charge on any atom is 0.323 e. The number of carbonyl (C=O) groups excluding carboxylic acids is 1. The highest BCUT2D eigenvalue weighted by atomic mass is 19.1. The maximum absolute atomic E-state index is 13.2. The van der Waals surface area contributed by atoms with E-state index in [1.807, 2.05) is 0 Å². The molecule has 17 heavy (non-hydrogen) atoms. The van der Waals surface area contributed by atoms with Gasteiger partial charge >= 0.3 is 5.97 Å². The summed E-state index contributed by atoms with van der Waals surface area (Å²) >= 11 is 0. The van der Waals surface area contributed by atoms with Crippen molar-refractivity contribution in [1.82, 2.24) is 4.90 Å². The quantitative estimate of drug-likeness (QED) is 0.805. The van der Waals surface area contributed by atoms with Crippen LogP contribution in [0.15, 0.2) is 30.3 Å². The van der Waals surface area contributed by atoms with Crippen LogP contribution in [0.2, 0.25) is 0 Å². The molecule has 0 aliphatic carbocycles. The molecule has 1 aromatic carbocycles. The van der Waals surface area contributed by atoms with E-state index in [2.05, 4.69) is 0 Å². The largest absolute Gasteiger partial charge is 0.480 e. The van der Waals surface area contributed by atoms with Crippen molar-refractivity contribution in [2.75, 3.05) is 13.6 Å². The zero-order valence-corrected chi connectivity index (χ0v) is 9.26. The van der Waals surface area contributed by atoms with E-state index in [1.54, 1.807) is 12.1 Å². The van der Waals surface area contributed by atoms with Gasteiger partial charge in [0.15, 0.2) is 0 Å². The van der Waals surface area contributed by atoms with Gasteiger partial charge in [0.1, 0.15) is 12.4 Å². The molecular formula is C12H12FNO3. The SMILES string of the molecule is CN(CC(=O)O)C(=O)/C=C/c1ccccc1F. The number of nitrogens with zero attached hydrogens (tertiary/aromatic N) is 1. The Hall–Kier alpha value is -2.17. The van der Waals surface area contributed by atoms with Crippen LogP contribution >= 0.6 is 0 Å². The van der Waals surface area contributed by atoms with E-state index >= 15 is 0 Å². The van der Waals surface area contributed by atoms with Crippen molar-refractivity contribution in [2.45, 2.75) is 0 Å². The second-order valence-electron chi connectivity index (χ2n) is 3.44. The Bertz CT molecular complexity index is 457. The van der Waals surface area contributed by atoms with E-state index in [4.69, 9.17) is 5.11 Å². The maximum atomic E-state index is 13.2. The van der Waals surface area contributed by atoms with Crippen molar-refractivity contribution in [2.24, 2.45) is 0 Å². The molecule has 1 amide bonds. The summed E-state index contributed by atoms with van der Waals surface area (Å²) in [6, 6.07) is 6.00. The van der Waals surface area contributed by atoms with Crippen molar-refractivity contribution < 1.29 is 19.1 Å². The van der Waals surface area contributed by atoms with Gasteiger partial charge in [0.05, 0.1) is 0 Å². The van der Waals surface area contributed by atoms with Crippen LogP contribution in [0.5, 0.6) is 0 Å². The number of carboxylic acid groups (broad SMARTS) is 1. The van der Waals surface area contributed by atoms with Gasteiger partial charge in [0.25, 0.3) is 0 Å². The Morgan fingerprint density at radius 1 is 1.41 bits per heavy atom. The number of hydrogen-bond acceptors (Lipinski definition) is 2. The molecule has 1 aromatic rings. The smallest absolute Gasteiger partial charge is 0.323 e. The minimum atomic E-state index is -1.10. The van der Waals surface area contributed by atoms with Gasteiger partial charge in [-0.1, -0.05) is 18.2 Å². The van der Waals surface area contributed by atoms with E-state index in [-0.39, 0.29) is 12.1 Å². The Morgan fingerprint density at radius 3 is 2.65 bits per heavy atom. The van der Waals surface area contributed by atoms with Crippen molar-refractivity contribution in [3.63, 3.8) is 0 Å². The second kappa shape index (κ2) is 5.79. The van der Waals surface area contributed by atoms with Crippen molar-refractivity contribution in [3.8, 4) is 0 Å². The summed E-state index contributed by atoms with van der Waals surface area (Å²) in [4.78, 5) is 22.8. The number of carboxylic acids is 1. The van der Waals surface area contributed by atoms with Crippen LogP contribution in [-0.2, 0) is 9.59 Å². The summed E-state index contributed by atoms with van der Waals surface area (Å²) in [5.74, 6) is -2.02. The van der Waals surface area contributed by atoms with Gasteiger partial charge in [-0.05, 0) is 12.1 Å². The molecule has 0 spiro atoms. The number of likely N-dealkylation sites (N-methyl/N-ethyl adjacent to an activating group) is 1. The molecule has 90 valence electrons. The third kappa shape index (κ3) is 4.06. The summed E-state index contributed by atoms with van der Waals surface area (Å²) in [5.41, 5.74) is 0.282. The second-order valence-corrected chi connectivity index (χ2v) is 3.44. The van der Waals surface area contributed by atoms with Crippen molar-refractivity contribution >= 4 is 18.0 Å². The zero-order chi connectivity index (χ0) is 12.8. The molecule has 0 atom stereocenters. The molecule has 0 saturated carbocycles. The van der Waals surface area contributed by atoms with E-state index in [0.29, 0.717) is 0 Å². The lowest BCUT2D eigenvalue weighted by Crippen LogP contribution is -2.30. The summed E-state index contributed by atoms with van der Waals surface area (Å²) < 4.78 is 13.2. The van der Waals surface area contributed by atoms with Gasteiger partial charge in [-0.15, -0.1) is 0 Å². The van der Waals surface area contributed by atoms with E-state index < -0.39 is 17.7 Å². The van der Waals surface area contributed by atoms with Crippen LogP contribution in [-0.4, -0.2) is 35.5 Å². The number of benzene rings is 1. The molecule has 1 rings (SSSR count). The summed E-state index contributed by atoms with van der Waals surface area (Å²) in [6.07, 6.45) is 2.46. The Balaban J connectivity index is 2.69. The van der Waals surface area contributed by atoms with Gasteiger partial charge < -0.3 is 10.0 Å². The van der Waals surface area contributed by atoms with Gasteiger partial charge in [-0.3, -0.25) is 9.59 Å². The van der Waals surface area contributed by atoms with Crippen LogP contribution in [0, 0.1) is 5.82 Å². The van der Waals surface area contributed by atoms with Crippen LogP contribution in [0.4, 0.5) is 4.39 Å². The predicted molar refractivity (Wildman–Crippen MR) is 60.7 cm³/mol. The molecule has 1 N–H and O–H groups in total. The van der Waals surface area contributed by atoms with Gasteiger partial charge in [0.2, 0.25) is 5.91 Å². The van der Waals surface area contributed by atoms with Crippen molar-refractivity contribution in [3.05, 3.63) is 41.7 Å². The molecule has 0 heterocycles. The Kier molecular flexibility index (Phi) is 4.39. The fourth-order valence-electron chi connectivity index (χ4n) is 1.18. The van der Waals surface area contributed by atoms with E-state index in [9.17, 15) is 14.0 Å². The fraction of sp³-hybridized carbons (Fsp3) is 0.167. The Labute approximate surface area is 98.0 Å². The van der Waals surface area contributed by atoms with Crippen LogP contribution in [0.1, 0.15) is 5.56 Å². The van der Waals surface area contributed by atoms with Gasteiger partial charge in [0, 0.05) is 18.7 Å². The molecule has 0 fully saturated rings. The van der Waals surface area contributed by atoms with E-state index in [1.165, 1.54) is 25.3 Å². The average molecular weight is 237 g/mol. The van der Waals surface area contributed by atoms with Crippen molar-refractivity contribution in [1.29, 1.82) is 0 Å². The molecule has 0 aliphatic rings. The Morgan fingerprint density at radius 2 is 2.06 bits per heavy atom. The molecule has 0 saturated heterocycles. The highest BCUT2D eigenvalue weighted by Crippen LogP contribution is 2.08. The molecule has 0 unspecified atom stereocenters. The first-order valence-corrected chi connectivity index (χ1v) is 4.90. The monoisotopic (exact) mass is 237 g/mol. The highest BCUT2D eigenvalue weighted by molar-refractivity contribution is 5.93. The normalized spacial score (nSPS) is 10.5. The molecule has 0 radical (unpaired) electrons. The van der Waals surface area contributed by atoms with Gasteiger partial charge in [-0.25, -0.2) is 4.39 Å². The summed E-state index contributed by atoms with van der Waals surface area (Å²) in [7, 11) is 1.36. The summed E-state index contributed by atoms with van der Waals surface area (Å²) in [6.45, 7) is -0.388. The predicted octanol–water partition coefficient (Wildman–Crippen LogP) is 1.38. The average Bonchev–Trinajstić information content (AvgIpc) is 2.26. The van der Waals surface area contributed by atoms with Crippen LogP contribution in [0.25, 0.3) is 6.08 Å². The topological polar surface area (TPSA) is 57.6 Å². The number of carbonyl (C=O) groups is 2. The van der Waals surface area contributed by atoms with Gasteiger partial charge in [-0.2, -0.15) is 0 Å². The molecule has 0 aromatic heterocycles. The lowest BCUT2D eigenvalue weighted by molar-refractivity contribution is -0.141. The lowest BCUT2D eigenvalue weighted by Gasteiger charge is -2.11. The third-order valence-corrected chi connectivity index (χ3v) is 2.06. The number of aliphatic carboxylic acids is 1. The minimum absolute atomic E-state index is 0.282. The lowest BCUT2D eigenvalue weighted by atomic mass is 10.2. The number of amides is 1. The number of hydrogen-bond donors (Lipinski definition) is 1. The highest BCUT2D eigenvalue weighted by Gasteiger charge is 2.08. The first-order valence-electron chi connectivity index (χ1n) is 4.90. The number of halogens is 1. The molecule has 4 nitrogen and oxygen atoms in total. The molecule has 0 aliphatic heterocycles. The third-order valence-electron chi connectivity index (χ3n) is 2.06. The van der Waals surface area contributed by atoms with Crippen LogP contribution in [0.3, 0.4) is 0 Å². The fourth-order valence-corrected chi connectivity index (χ4v) is 1.18. The number of rotatable bonds is 4. The van der Waals surface area contributed by atoms with Crippen LogP contribution < -0.4 is 0 Å². The zero-order valence-electron chi connectivity index (χ0n) is 9.26.